The highest BCUT2D eigenvalue weighted by Crippen LogP contribution is 2.21. The third-order valence-electron chi connectivity index (χ3n) is 2.24. The molecule has 0 bridgehead atoms. The summed E-state index contributed by atoms with van der Waals surface area (Å²) in [5.74, 6) is 0. The summed E-state index contributed by atoms with van der Waals surface area (Å²) >= 11 is 0. The first kappa shape index (κ1) is 8.58. The van der Waals surface area contributed by atoms with E-state index in [1.165, 1.54) is 0 Å². The van der Waals surface area contributed by atoms with Crippen LogP contribution in [0.5, 0.6) is 0 Å². The maximum Gasteiger partial charge on any atom is 0.102 e. The number of aromatic nitrogens is 1. The molecular formula is C12H10N2. The Balaban J connectivity index is 2.73. The summed E-state index contributed by atoms with van der Waals surface area (Å²) in [6, 6.07) is 10.0. The summed E-state index contributed by atoms with van der Waals surface area (Å²) in [4.78, 5) is 3.22. The number of benzene rings is 1. The Bertz CT molecular complexity index is 515. The second kappa shape index (κ2) is 3.39. The van der Waals surface area contributed by atoms with Gasteiger partial charge in [-0.25, -0.2) is 0 Å². The van der Waals surface area contributed by atoms with Gasteiger partial charge < -0.3 is 4.98 Å². The third kappa shape index (κ3) is 1.20. The number of hydrogen-bond donors (Lipinski definition) is 1. The van der Waals surface area contributed by atoms with Crippen molar-refractivity contribution in [2.45, 2.75) is 6.42 Å². The number of rotatable bonds is 2. The first-order chi connectivity index (χ1) is 6.86. The number of nitrogens with one attached hydrogen (secondary N) is 1. The van der Waals surface area contributed by atoms with Crippen LogP contribution in [0.3, 0.4) is 0 Å². The van der Waals surface area contributed by atoms with Crippen LogP contribution in [0.25, 0.3) is 10.9 Å². The van der Waals surface area contributed by atoms with Gasteiger partial charge in [0.2, 0.25) is 0 Å². The zero-order valence-corrected chi connectivity index (χ0v) is 7.75. The molecular weight excluding hydrogens is 172 g/mol. The highest BCUT2D eigenvalue weighted by Gasteiger charge is 2.08. The molecule has 0 fully saturated rings. The van der Waals surface area contributed by atoms with E-state index >= 15 is 0 Å². The van der Waals surface area contributed by atoms with Gasteiger partial charge in [-0.05, 0) is 6.07 Å². The molecule has 2 aromatic rings. The summed E-state index contributed by atoms with van der Waals surface area (Å²) in [6.07, 6.45) is 2.50. The second-order valence-electron chi connectivity index (χ2n) is 3.13. The van der Waals surface area contributed by atoms with Gasteiger partial charge in [-0.2, -0.15) is 5.26 Å². The molecule has 0 saturated carbocycles. The Hall–Kier alpha value is -2.01. The molecule has 1 aromatic carbocycles. The predicted molar refractivity (Wildman–Crippen MR) is 56.9 cm³/mol. The fourth-order valence-corrected chi connectivity index (χ4v) is 1.62. The Kier molecular flexibility index (Phi) is 2.08. The quantitative estimate of drug-likeness (QED) is 0.712. The van der Waals surface area contributed by atoms with Crippen LogP contribution in [0.15, 0.2) is 36.9 Å². The lowest BCUT2D eigenvalue weighted by molar-refractivity contribution is 1.16. The van der Waals surface area contributed by atoms with Gasteiger partial charge in [0.1, 0.15) is 6.07 Å². The smallest absolute Gasteiger partial charge is 0.102 e. The average molecular weight is 182 g/mol. The summed E-state index contributed by atoms with van der Waals surface area (Å²) < 4.78 is 0. The highest BCUT2D eigenvalue weighted by molar-refractivity contribution is 5.87. The van der Waals surface area contributed by atoms with E-state index in [4.69, 9.17) is 5.26 Å². The summed E-state index contributed by atoms with van der Waals surface area (Å²) in [5, 5.41) is 10.0. The van der Waals surface area contributed by atoms with Crippen LogP contribution in [-0.2, 0) is 6.42 Å². The minimum absolute atomic E-state index is 0.706. The van der Waals surface area contributed by atoms with E-state index in [0.717, 1.165) is 22.2 Å². The lowest BCUT2D eigenvalue weighted by Gasteiger charge is -1.89. The zero-order valence-electron chi connectivity index (χ0n) is 7.75. The minimum atomic E-state index is 0.706. The van der Waals surface area contributed by atoms with Gasteiger partial charge in [0.15, 0.2) is 0 Å². The number of nitriles is 1. The van der Waals surface area contributed by atoms with Crippen LogP contribution < -0.4 is 0 Å². The maximum absolute atomic E-state index is 9.03. The Labute approximate surface area is 82.5 Å². The van der Waals surface area contributed by atoms with Crippen molar-refractivity contribution in [3.05, 3.63) is 48.2 Å². The topological polar surface area (TPSA) is 39.6 Å². The van der Waals surface area contributed by atoms with Crippen molar-refractivity contribution in [2.24, 2.45) is 0 Å². The molecule has 0 spiro atoms. The summed E-state index contributed by atoms with van der Waals surface area (Å²) in [6.45, 7) is 3.67. The molecule has 68 valence electrons. The van der Waals surface area contributed by atoms with Gasteiger partial charge in [0.05, 0.1) is 5.56 Å². The van der Waals surface area contributed by atoms with Crippen LogP contribution in [0.1, 0.15) is 11.3 Å². The number of H-pyrrole nitrogens is 1. The Morgan fingerprint density at radius 2 is 2.21 bits per heavy atom. The van der Waals surface area contributed by atoms with Crippen LogP contribution in [0.2, 0.25) is 0 Å². The zero-order chi connectivity index (χ0) is 9.97. The molecule has 1 N–H and O–H groups in total. The maximum atomic E-state index is 9.03. The van der Waals surface area contributed by atoms with E-state index < -0.39 is 0 Å². The lowest BCUT2D eigenvalue weighted by Crippen LogP contribution is -1.83. The SMILES string of the molecule is C=CCc1[nH]c2ccccc2c1C#N. The summed E-state index contributed by atoms with van der Waals surface area (Å²) in [7, 11) is 0. The van der Waals surface area contributed by atoms with E-state index in [2.05, 4.69) is 17.6 Å². The number of hydrogen-bond acceptors (Lipinski definition) is 1. The van der Waals surface area contributed by atoms with E-state index in [1.807, 2.05) is 24.3 Å². The fraction of sp³-hybridized carbons (Fsp3) is 0.0833. The number of aromatic amines is 1. The molecule has 0 unspecified atom stereocenters. The monoisotopic (exact) mass is 182 g/mol. The van der Waals surface area contributed by atoms with Gasteiger partial charge in [-0.1, -0.05) is 24.3 Å². The first-order valence-electron chi connectivity index (χ1n) is 4.47. The van der Waals surface area contributed by atoms with Crippen molar-refractivity contribution < 1.29 is 0 Å². The lowest BCUT2D eigenvalue weighted by atomic mass is 10.1. The van der Waals surface area contributed by atoms with Crippen LogP contribution >= 0.6 is 0 Å². The van der Waals surface area contributed by atoms with Crippen molar-refractivity contribution in [2.75, 3.05) is 0 Å². The van der Waals surface area contributed by atoms with Gasteiger partial charge in [0, 0.05) is 23.0 Å². The van der Waals surface area contributed by atoms with Crippen molar-refractivity contribution in [1.82, 2.24) is 4.98 Å². The summed E-state index contributed by atoms with van der Waals surface area (Å²) in [5.41, 5.74) is 2.70. The minimum Gasteiger partial charge on any atom is -0.357 e. The van der Waals surface area contributed by atoms with E-state index in [-0.39, 0.29) is 0 Å². The molecule has 14 heavy (non-hydrogen) atoms. The number of nitrogens with zero attached hydrogens (tertiary/aromatic N) is 1. The average Bonchev–Trinajstić information content (AvgIpc) is 2.55. The molecule has 1 heterocycles. The molecule has 0 amide bonds. The van der Waals surface area contributed by atoms with E-state index in [0.29, 0.717) is 6.42 Å². The predicted octanol–water partition coefficient (Wildman–Crippen LogP) is 2.77. The van der Waals surface area contributed by atoms with E-state index in [1.54, 1.807) is 6.08 Å². The van der Waals surface area contributed by atoms with Crippen LogP contribution in [0.4, 0.5) is 0 Å². The van der Waals surface area contributed by atoms with Gasteiger partial charge >= 0.3 is 0 Å². The third-order valence-corrected chi connectivity index (χ3v) is 2.24. The van der Waals surface area contributed by atoms with Gasteiger partial charge in [0.25, 0.3) is 0 Å². The van der Waals surface area contributed by atoms with Crippen LogP contribution in [-0.4, -0.2) is 4.98 Å². The van der Waals surface area contributed by atoms with Crippen LogP contribution in [0, 0.1) is 11.3 Å². The van der Waals surface area contributed by atoms with Gasteiger partial charge in [-0.15, -0.1) is 6.58 Å². The second-order valence-corrected chi connectivity index (χ2v) is 3.13. The first-order valence-corrected chi connectivity index (χ1v) is 4.47. The number of allylic oxidation sites excluding steroid dienone is 1. The number of para-hydroxylation sites is 1. The molecule has 1 aromatic heterocycles. The molecule has 0 saturated heterocycles. The molecule has 0 radical (unpaired) electrons. The largest absolute Gasteiger partial charge is 0.357 e. The van der Waals surface area contributed by atoms with Crippen molar-refractivity contribution in [3.63, 3.8) is 0 Å². The standard InChI is InChI=1S/C12H10N2/c1-2-5-11-10(8-13)9-6-3-4-7-12(9)14-11/h2-4,6-7,14H,1,5H2. The number of fused-ring (bicyclic) bond motifs is 1. The Morgan fingerprint density at radius 3 is 2.93 bits per heavy atom. The molecule has 2 heteroatoms. The molecule has 0 aliphatic heterocycles. The molecule has 2 nitrogen and oxygen atoms in total. The molecule has 2 rings (SSSR count). The van der Waals surface area contributed by atoms with Gasteiger partial charge in [-0.3, -0.25) is 0 Å². The molecule has 0 aliphatic rings. The highest BCUT2D eigenvalue weighted by atomic mass is 14.7. The molecule has 0 aliphatic carbocycles. The fourth-order valence-electron chi connectivity index (χ4n) is 1.62. The van der Waals surface area contributed by atoms with Crippen molar-refractivity contribution in [3.8, 4) is 6.07 Å². The Morgan fingerprint density at radius 1 is 1.43 bits per heavy atom. The van der Waals surface area contributed by atoms with Crippen molar-refractivity contribution in [1.29, 1.82) is 5.26 Å². The van der Waals surface area contributed by atoms with E-state index in [9.17, 15) is 0 Å². The van der Waals surface area contributed by atoms with Crippen molar-refractivity contribution >= 4 is 10.9 Å². The molecule has 0 atom stereocenters. The normalized spacial score (nSPS) is 9.93.